The molecule has 0 aromatic heterocycles. The molecule has 0 aliphatic carbocycles. The van der Waals surface area contributed by atoms with Crippen molar-refractivity contribution in [2.75, 3.05) is 19.6 Å². The molecule has 0 saturated heterocycles. The molecule has 0 aliphatic heterocycles. The minimum Gasteiger partial charge on any atom is -0.480 e. The van der Waals surface area contributed by atoms with E-state index in [4.69, 9.17) is 34.4 Å². The van der Waals surface area contributed by atoms with Gasteiger partial charge in [0.15, 0.2) is 5.96 Å². The third kappa shape index (κ3) is 15.6. The van der Waals surface area contributed by atoms with Gasteiger partial charge in [-0.15, -0.1) is 0 Å². The third-order valence-electron chi connectivity index (χ3n) is 5.48. The normalized spacial score (nSPS) is 13.9. The number of nitrogens with zero attached hydrogens (tertiary/aromatic N) is 1. The second kappa shape index (κ2) is 19.6. The van der Waals surface area contributed by atoms with Gasteiger partial charge in [-0.2, -0.15) is 0 Å². The second-order valence-corrected chi connectivity index (χ2v) is 8.82. The van der Waals surface area contributed by atoms with Gasteiger partial charge in [0, 0.05) is 6.54 Å². The highest BCUT2D eigenvalue weighted by Crippen LogP contribution is 2.06. The average Bonchev–Trinajstić information content (AvgIpc) is 2.84. The van der Waals surface area contributed by atoms with Crippen LogP contribution in [0.3, 0.4) is 0 Å². The molecule has 16 heteroatoms. The number of amides is 4. The molecule has 0 heterocycles. The maximum absolute atomic E-state index is 13.0. The van der Waals surface area contributed by atoms with Crippen LogP contribution in [0, 0.1) is 0 Å². The quantitative estimate of drug-likeness (QED) is 0.0377. The molecule has 0 bridgehead atoms. The molecule has 0 rings (SSSR count). The van der Waals surface area contributed by atoms with Gasteiger partial charge in [-0.05, 0) is 58.0 Å². The number of aliphatic carboxylic acids is 1. The number of hydrogen-bond donors (Lipinski definition) is 10. The summed E-state index contributed by atoms with van der Waals surface area (Å²) in [7, 11) is 0. The standard InChI is InChI=1S/C22H44N10O6/c23-9-3-1-6-13(25)18(34)32-16(12-17(26)33)20(36)30-14(7-2-4-10-24)19(35)31-15(21(37)38)8-5-11-29-22(27)28/h13-16H,1-12,23-25H2,(H2,26,33)(H,30,36)(H,31,35)(H,32,34)(H,37,38)(H4,27,28,29). The van der Waals surface area contributed by atoms with Gasteiger partial charge < -0.3 is 55.5 Å². The summed E-state index contributed by atoms with van der Waals surface area (Å²) in [4.78, 5) is 65.4. The monoisotopic (exact) mass is 544 g/mol. The number of guanidine groups is 1. The van der Waals surface area contributed by atoms with Crippen molar-refractivity contribution < 1.29 is 29.1 Å². The average molecular weight is 545 g/mol. The van der Waals surface area contributed by atoms with Gasteiger partial charge in [-0.3, -0.25) is 24.2 Å². The van der Waals surface area contributed by atoms with E-state index in [1.165, 1.54) is 0 Å². The lowest BCUT2D eigenvalue weighted by atomic mass is 10.0. The molecule has 0 aromatic rings. The van der Waals surface area contributed by atoms with Crippen molar-refractivity contribution in [1.82, 2.24) is 16.0 Å². The van der Waals surface area contributed by atoms with Crippen molar-refractivity contribution >= 4 is 35.6 Å². The molecule has 38 heavy (non-hydrogen) atoms. The van der Waals surface area contributed by atoms with E-state index in [1.54, 1.807) is 0 Å². The van der Waals surface area contributed by atoms with Gasteiger partial charge in [0.05, 0.1) is 12.5 Å². The molecule has 0 aliphatic rings. The fraction of sp³-hybridized carbons (Fsp3) is 0.727. The van der Waals surface area contributed by atoms with E-state index >= 15 is 0 Å². The summed E-state index contributed by atoms with van der Waals surface area (Å²) in [5.41, 5.74) is 32.6. The van der Waals surface area contributed by atoms with E-state index in [0.717, 1.165) is 0 Å². The summed E-state index contributed by atoms with van der Waals surface area (Å²) in [6, 6.07) is -4.76. The maximum atomic E-state index is 13.0. The van der Waals surface area contributed by atoms with Crippen LogP contribution in [-0.2, 0) is 24.0 Å². The Bertz CT molecular complexity index is 805. The van der Waals surface area contributed by atoms with E-state index < -0.39 is 60.2 Å². The summed E-state index contributed by atoms with van der Waals surface area (Å²) in [5, 5.41) is 16.8. The fourth-order valence-corrected chi connectivity index (χ4v) is 3.40. The van der Waals surface area contributed by atoms with Crippen molar-refractivity contribution in [3.63, 3.8) is 0 Å². The van der Waals surface area contributed by atoms with Crippen LogP contribution in [-0.4, -0.2) is 84.5 Å². The lowest BCUT2D eigenvalue weighted by molar-refractivity contribution is -0.142. The SMILES string of the molecule is NCCCCC(N)C(=O)NC(CC(N)=O)C(=O)NC(CCCCN)C(=O)NC(CCCN=C(N)N)C(=O)O. The summed E-state index contributed by atoms with van der Waals surface area (Å²) in [6.07, 6.45) is 2.46. The molecular weight excluding hydrogens is 500 g/mol. The summed E-state index contributed by atoms with van der Waals surface area (Å²) >= 11 is 0. The minimum absolute atomic E-state index is 0.0315. The Balaban J connectivity index is 5.46. The molecule has 0 radical (unpaired) electrons. The molecule has 0 spiro atoms. The lowest BCUT2D eigenvalue weighted by Crippen LogP contribution is -2.57. The highest BCUT2D eigenvalue weighted by molar-refractivity contribution is 5.96. The van der Waals surface area contributed by atoms with Crippen LogP contribution in [0.2, 0.25) is 0 Å². The van der Waals surface area contributed by atoms with Gasteiger partial charge in [0.1, 0.15) is 18.1 Å². The summed E-state index contributed by atoms with van der Waals surface area (Å²) in [6.45, 7) is 0.947. The van der Waals surface area contributed by atoms with Crippen LogP contribution in [0.4, 0.5) is 0 Å². The van der Waals surface area contributed by atoms with Crippen LogP contribution in [0.25, 0.3) is 0 Å². The second-order valence-electron chi connectivity index (χ2n) is 8.82. The zero-order chi connectivity index (χ0) is 29.1. The number of carboxylic acids is 1. The number of nitrogens with one attached hydrogen (secondary N) is 3. The number of carbonyl (C=O) groups excluding carboxylic acids is 4. The van der Waals surface area contributed by atoms with E-state index in [-0.39, 0.29) is 31.8 Å². The van der Waals surface area contributed by atoms with Crippen LogP contribution in [0.1, 0.15) is 57.8 Å². The van der Waals surface area contributed by atoms with Crippen molar-refractivity contribution in [1.29, 1.82) is 0 Å². The molecule has 16 nitrogen and oxygen atoms in total. The Hall–Kier alpha value is -3.50. The molecule has 4 unspecified atom stereocenters. The molecular formula is C22H44N10O6. The molecule has 0 aromatic carbocycles. The Morgan fingerprint density at radius 1 is 0.684 bits per heavy atom. The van der Waals surface area contributed by atoms with Crippen molar-refractivity contribution in [2.45, 2.75) is 82.0 Å². The zero-order valence-corrected chi connectivity index (χ0v) is 21.7. The fourth-order valence-electron chi connectivity index (χ4n) is 3.40. The number of unbranched alkanes of at least 4 members (excludes halogenated alkanes) is 2. The van der Waals surface area contributed by atoms with E-state index in [9.17, 15) is 29.1 Å². The summed E-state index contributed by atoms with van der Waals surface area (Å²) in [5.74, 6) is -4.56. The molecule has 16 N–H and O–H groups in total. The lowest BCUT2D eigenvalue weighted by Gasteiger charge is -2.25. The van der Waals surface area contributed by atoms with Crippen LogP contribution < -0.4 is 50.4 Å². The van der Waals surface area contributed by atoms with Crippen molar-refractivity contribution in [2.24, 2.45) is 39.4 Å². The van der Waals surface area contributed by atoms with Crippen molar-refractivity contribution in [3.8, 4) is 0 Å². The van der Waals surface area contributed by atoms with Crippen LogP contribution in [0.5, 0.6) is 0 Å². The molecule has 4 atom stereocenters. The Morgan fingerprint density at radius 3 is 1.71 bits per heavy atom. The molecule has 4 amide bonds. The smallest absolute Gasteiger partial charge is 0.326 e. The first kappa shape index (κ1) is 34.5. The molecule has 0 fully saturated rings. The van der Waals surface area contributed by atoms with E-state index in [1.807, 2.05) is 0 Å². The predicted molar refractivity (Wildman–Crippen MR) is 141 cm³/mol. The minimum atomic E-state index is -1.39. The zero-order valence-electron chi connectivity index (χ0n) is 21.7. The van der Waals surface area contributed by atoms with E-state index in [2.05, 4.69) is 20.9 Å². The van der Waals surface area contributed by atoms with Gasteiger partial charge >= 0.3 is 5.97 Å². The number of nitrogens with two attached hydrogens (primary N) is 6. The van der Waals surface area contributed by atoms with Gasteiger partial charge in [-0.25, -0.2) is 4.79 Å². The number of aliphatic imine (C=N–C) groups is 1. The van der Waals surface area contributed by atoms with Crippen molar-refractivity contribution in [3.05, 3.63) is 0 Å². The number of carbonyl (C=O) groups is 5. The summed E-state index contributed by atoms with van der Waals surface area (Å²) < 4.78 is 0. The van der Waals surface area contributed by atoms with Gasteiger partial charge in [0.25, 0.3) is 0 Å². The largest absolute Gasteiger partial charge is 0.480 e. The maximum Gasteiger partial charge on any atom is 0.326 e. The number of primary amides is 1. The van der Waals surface area contributed by atoms with Crippen LogP contribution >= 0.6 is 0 Å². The van der Waals surface area contributed by atoms with Gasteiger partial charge in [0.2, 0.25) is 23.6 Å². The predicted octanol–water partition coefficient (Wildman–Crippen LogP) is -3.96. The first-order chi connectivity index (χ1) is 17.9. The van der Waals surface area contributed by atoms with Crippen LogP contribution in [0.15, 0.2) is 4.99 Å². The number of hydrogen-bond acceptors (Lipinski definition) is 9. The highest BCUT2D eigenvalue weighted by atomic mass is 16.4. The Labute approximate surface area is 222 Å². The molecule has 0 saturated carbocycles. The first-order valence-corrected chi connectivity index (χ1v) is 12.6. The number of carboxylic acid groups (broad SMARTS) is 1. The number of rotatable bonds is 21. The van der Waals surface area contributed by atoms with Gasteiger partial charge in [-0.1, -0.05) is 6.42 Å². The Morgan fingerprint density at radius 2 is 1.18 bits per heavy atom. The first-order valence-electron chi connectivity index (χ1n) is 12.6. The highest BCUT2D eigenvalue weighted by Gasteiger charge is 2.30. The molecule has 218 valence electrons. The Kier molecular flexibility index (Phi) is 17.8. The van der Waals surface area contributed by atoms with E-state index in [0.29, 0.717) is 45.2 Å². The topological polar surface area (TPSA) is 310 Å². The third-order valence-corrected chi connectivity index (χ3v) is 5.48.